The van der Waals surface area contributed by atoms with Crippen LogP contribution >= 0.6 is 11.8 Å². The van der Waals surface area contributed by atoms with Gasteiger partial charge in [0.25, 0.3) is 0 Å². The summed E-state index contributed by atoms with van der Waals surface area (Å²) in [5, 5.41) is 3.49. The molecule has 1 atom stereocenters. The lowest BCUT2D eigenvalue weighted by Gasteiger charge is -2.39. The Bertz CT molecular complexity index is 361. The second-order valence-electron chi connectivity index (χ2n) is 7.09. The zero-order valence-electron chi connectivity index (χ0n) is 14.4. The lowest BCUT2D eigenvalue weighted by molar-refractivity contribution is 0.270. The van der Waals surface area contributed by atoms with Crippen LogP contribution in [0.2, 0.25) is 0 Å². The van der Waals surface area contributed by atoms with Crippen LogP contribution in [0.3, 0.4) is 0 Å². The monoisotopic (exact) mass is 312 g/mol. The highest BCUT2D eigenvalue weighted by atomic mass is 32.2. The zero-order valence-corrected chi connectivity index (χ0v) is 15.2. The van der Waals surface area contributed by atoms with Crippen molar-refractivity contribution in [1.29, 1.82) is 0 Å². The van der Waals surface area contributed by atoms with Gasteiger partial charge in [-0.15, -0.1) is 0 Å². The molecule has 0 spiro atoms. The largest absolute Gasteiger partial charge is 0.357 e. The Hall–Kier alpha value is -0.420. The van der Waals surface area contributed by atoms with Gasteiger partial charge in [-0.05, 0) is 53.6 Å². The van der Waals surface area contributed by atoms with Crippen molar-refractivity contribution < 1.29 is 0 Å². The molecular weight excluding hydrogens is 280 g/mol. The molecule has 122 valence electrons. The van der Waals surface area contributed by atoms with Crippen LogP contribution in [-0.4, -0.2) is 72.6 Å². The number of nitrogens with zero attached hydrogens (tertiary/aromatic N) is 3. The summed E-state index contributed by atoms with van der Waals surface area (Å²) in [6.45, 7) is 10.9. The van der Waals surface area contributed by atoms with E-state index in [0.29, 0.717) is 10.8 Å². The molecule has 2 rings (SSSR count). The van der Waals surface area contributed by atoms with E-state index in [2.05, 4.69) is 61.7 Å². The summed E-state index contributed by atoms with van der Waals surface area (Å²) in [6, 6.07) is 0.603. The van der Waals surface area contributed by atoms with Gasteiger partial charge in [-0.1, -0.05) is 0 Å². The van der Waals surface area contributed by atoms with Crippen molar-refractivity contribution in [2.45, 2.75) is 44.4 Å². The molecule has 1 aliphatic carbocycles. The molecule has 4 nitrogen and oxygen atoms in total. The fourth-order valence-electron chi connectivity index (χ4n) is 3.02. The fourth-order valence-corrected chi connectivity index (χ4v) is 4.13. The molecule has 0 aromatic rings. The quantitative estimate of drug-likeness (QED) is 0.622. The Kier molecular flexibility index (Phi) is 5.83. The van der Waals surface area contributed by atoms with Crippen molar-refractivity contribution in [2.24, 2.45) is 10.9 Å². The normalized spacial score (nSPS) is 24.3. The Morgan fingerprint density at radius 3 is 2.67 bits per heavy atom. The predicted molar refractivity (Wildman–Crippen MR) is 94.3 cm³/mol. The van der Waals surface area contributed by atoms with Crippen LogP contribution in [0.1, 0.15) is 33.6 Å². The summed E-state index contributed by atoms with van der Waals surface area (Å²) < 4.78 is 0.325. The average Bonchev–Trinajstić information content (AvgIpc) is 3.20. The topological polar surface area (TPSA) is 30.9 Å². The number of guanidine groups is 1. The van der Waals surface area contributed by atoms with Gasteiger partial charge in [-0.2, -0.15) is 11.8 Å². The molecule has 0 aromatic heterocycles. The average molecular weight is 313 g/mol. The van der Waals surface area contributed by atoms with E-state index in [4.69, 9.17) is 4.99 Å². The highest BCUT2D eigenvalue weighted by Crippen LogP contribution is 2.35. The smallest absolute Gasteiger partial charge is 0.194 e. The molecule has 1 heterocycles. The second-order valence-corrected chi connectivity index (χ2v) is 8.89. The van der Waals surface area contributed by atoms with Crippen LogP contribution in [0, 0.1) is 5.92 Å². The highest BCUT2D eigenvalue weighted by Gasteiger charge is 2.33. The number of nitrogens with one attached hydrogen (secondary N) is 1. The van der Waals surface area contributed by atoms with Crippen LogP contribution in [0.4, 0.5) is 0 Å². The van der Waals surface area contributed by atoms with Crippen LogP contribution in [0.15, 0.2) is 4.99 Å². The Balaban J connectivity index is 2.01. The third-order valence-corrected chi connectivity index (χ3v) is 5.61. The first-order valence-corrected chi connectivity index (χ1v) is 9.25. The van der Waals surface area contributed by atoms with E-state index in [1.54, 1.807) is 0 Å². The minimum atomic E-state index is 0.325. The summed E-state index contributed by atoms with van der Waals surface area (Å²) >= 11 is 2.07. The molecule has 0 aromatic carbocycles. The number of hydrogen-bond acceptors (Lipinski definition) is 3. The third-order valence-electron chi connectivity index (χ3n) is 4.32. The molecule has 0 radical (unpaired) electrons. The number of thioether (sulfide) groups is 1. The number of rotatable bonds is 5. The van der Waals surface area contributed by atoms with E-state index >= 15 is 0 Å². The maximum absolute atomic E-state index is 4.97. The molecule has 0 amide bonds. The zero-order chi connectivity index (χ0) is 15.5. The van der Waals surface area contributed by atoms with Crippen LogP contribution in [-0.2, 0) is 0 Å². The molecule has 21 heavy (non-hydrogen) atoms. The molecule has 2 aliphatic rings. The molecule has 1 saturated heterocycles. The Labute approximate surface area is 134 Å². The van der Waals surface area contributed by atoms with Gasteiger partial charge in [-0.25, -0.2) is 0 Å². The summed E-state index contributed by atoms with van der Waals surface area (Å²) in [5.74, 6) is 3.16. The molecule has 2 fully saturated rings. The van der Waals surface area contributed by atoms with Crippen molar-refractivity contribution in [1.82, 2.24) is 15.1 Å². The van der Waals surface area contributed by atoms with Crippen LogP contribution in [0.5, 0.6) is 0 Å². The summed E-state index contributed by atoms with van der Waals surface area (Å²) in [7, 11) is 4.37. The first kappa shape index (κ1) is 16.9. The van der Waals surface area contributed by atoms with Gasteiger partial charge in [0.2, 0.25) is 0 Å². The van der Waals surface area contributed by atoms with Crippen molar-refractivity contribution in [3.05, 3.63) is 0 Å². The number of hydrogen-bond donors (Lipinski definition) is 1. The predicted octanol–water partition coefficient (Wildman–Crippen LogP) is 2.12. The second kappa shape index (κ2) is 7.23. The lowest BCUT2D eigenvalue weighted by atomic mass is 10.1. The number of likely N-dealkylation sites (N-methyl/N-ethyl adjacent to an activating group) is 1. The third kappa shape index (κ3) is 5.06. The van der Waals surface area contributed by atoms with Crippen LogP contribution in [0.25, 0.3) is 0 Å². The summed E-state index contributed by atoms with van der Waals surface area (Å²) in [4.78, 5) is 9.76. The molecule has 0 bridgehead atoms. The van der Waals surface area contributed by atoms with Gasteiger partial charge in [0.15, 0.2) is 5.96 Å². The molecular formula is C16H32N4S. The van der Waals surface area contributed by atoms with Crippen molar-refractivity contribution in [3.63, 3.8) is 0 Å². The van der Waals surface area contributed by atoms with Gasteiger partial charge in [-0.3, -0.25) is 4.99 Å². The van der Waals surface area contributed by atoms with Gasteiger partial charge in [0.05, 0.1) is 6.54 Å². The molecule has 5 heteroatoms. The van der Waals surface area contributed by atoms with Crippen molar-refractivity contribution >= 4 is 17.7 Å². The Morgan fingerprint density at radius 1 is 1.43 bits per heavy atom. The lowest BCUT2D eigenvalue weighted by Crippen LogP contribution is -2.51. The highest BCUT2D eigenvalue weighted by molar-refractivity contribution is 8.00. The van der Waals surface area contributed by atoms with E-state index in [1.807, 2.05) is 0 Å². The molecule has 1 N–H and O–H groups in total. The summed E-state index contributed by atoms with van der Waals surface area (Å²) in [5.41, 5.74) is 0. The van der Waals surface area contributed by atoms with Gasteiger partial charge < -0.3 is 15.1 Å². The van der Waals surface area contributed by atoms with Crippen molar-refractivity contribution in [3.8, 4) is 0 Å². The maximum Gasteiger partial charge on any atom is 0.194 e. The molecule has 1 saturated carbocycles. The SMILES string of the molecule is CCNC(=NCC(C1CC1)N(C)C)N1CCSC(C)(C)C1. The van der Waals surface area contributed by atoms with E-state index in [-0.39, 0.29) is 0 Å². The van der Waals surface area contributed by atoms with Crippen molar-refractivity contribution in [2.75, 3.05) is 46.0 Å². The molecule has 1 aliphatic heterocycles. The standard InChI is InChI=1S/C16H32N4S/c1-6-17-15(20-9-10-21-16(2,3)12-20)18-11-14(19(4)5)13-7-8-13/h13-14H,6-12H2,1-5H3,(H,17,18). The maximum atomic E-state index is 4.97. The van der Waals surface area contributed by atoms with E-state index in [0.717, 1.165) is 38.1 Å². The van der Waals surface area contributed by atoms with Gasteiger partial charge in [0.1, 0.15) is 0 Å². The molecule has 1 unspecified atom stereocenters. The van der Waals surface area contributed by atoms with Gasteiger partial charge in [0, 0.05) is 36.2 Å². The fraction of sp³-hybridized carbons (Fsp3) is 0.938. The first-order chi connectivity index (χ1) is 9.93. The number of aliphatic imine (C=N–C) groups is 1. The first-order valence-electron chi connectivity index (χ1n) is 8.26. The summed E-state index contributed by atoms with van der Waals surface area (Å²) in [6.07, 6.45) is 2.75. The van der Waals surface area contributed by atoms with E-state index in [9.17, 15) is 0 Å². The van der Waals surface area contributed by atoms with Crippen LogP contribution < -0.4 is 5.32 Å². The van der Waals surface area contributed by atoms with E-state index < -0.39 is 0 Å². The van der Waals surface area contributed by atoms with E-state index in [1.165, 1.54) is 18.6 Å². The minimum Gasteiger partial charge on any atom is -0.357 e. The van der Waals surface area contributed by atoms with Gasteiger partial charge >= 0.3 is 0 Å². The Morgan fingerprint density at radius 2 is 2.14 bits per heavy atom. The minimum absolute atomic E-state index is 0.325.